The van der Waals surface area contributed by atoms with Gasteiger partial charge in [-0.25, -0.2) is 14.4 Å². The molecule has 36 heavy (non-hydrogen) atoms. The van der Waals surface area contributed by atoms with Crippen molar-refractivity contribution in [2.24, 2.45) is 0 Å². The highest BCUT2D eigenvalue weighted by Gasteiger charge is 2.39. The third kappa shape index (κ3) is 6.00. The smallest absolute Gasteiger partial charge is 0.338 e. The van der Waals surface area contributed by atoms with Gasteiger partial charge in [-0.2, -0.15) is 0 Å². The molecule has 3 rings (SSSR count). The molecular weight excluding hydrogens is 458 g/mol. The van der Waals surface area contributed by atoms with Gasteiger partial charge in [-0.3, -0.25) is 9.80 Å². The van der Waals surface area contributed by atoms with E-state index in [1.807, 2.05) is 57.7 Å². The van der Waals surface area contributed by atoms with Crippen molar-refractivity contribution in [3.63, 3.8) is 0 Å². The van der Waals surface area contributed by atoms with E-state index in [-0.39, 0.29) is 24.7 Å². The van der Waals surface area contributed by atoms with Crippen molar-refractivity contribution in [2.75, 3.05) is 45.9 Å². The molecule has 0 bridgehead atoms. The molecule has 0 aromatic heterocycles. The molecule has 1 fully saturated rings. The molecule has 1 aromatic rings. The van der Waals surface area contributed by atoms with Crippen LogP contribution >= 0.6 is 0 Å². The molecule has 9 nitrogen and oxygen atoms in total. The second-order valence-electron chi connectivity index (χ2n) is 9.58. The molecule has 2 N–H and O–H groups in total. The number of likely N-dealkylation sites (N-methyl/N-ethyl adjacent to an activating group) is 1. The first-order valence-corrected chi connectivity index (χ1v) is 13.0. The average molecular weight is 500 g/mol. The summed E-state index contributed by atoms with van der Waals surface area (Å²) in [5.41, 5.74) is 4.09. The molecule has 0 spiro atoms. The van der Waals surface area contributed by atoms with Crippen molar-refractivity contribution in [2.45, 2.75) is 60.0 Å². The number of esters is 1. The van der Waals surface area contributed by atoms with Crippen molar-refractivity contribution >= 4 is 18.0 Å². The van der Waals surface area contributed by atoms with Gasteiger partial charge in [-0.1, -0.05) is 30.7 Å². The Morgan fingerprint density at radius 1 is 1.17 bits per heavy atom. The van der Waals surface area contributed by atoms with Crippen LogP contribution < -0.4 is 10.6 Å². The fourth-order valence-corrected chi connectivity index (χ4v) is 4.99. The molecule has 2 heterocycles. The lowest BCUT2D eigenvalue weighted by atomic mass is 9.90. The molecule has 198 valence electrons. The molecule has 9 heteroatoms. The van der Waals surface area contributed by atoms with Gasteiger partial charge in [0.15, 0.2) is 0 Å². The quantitative estimate of drug-likeness (QED) is 0.535. The molecule has 2 aliphatic heterocycles. The van der Waals surface area contributed by atoms with Crippen LogP contribution in [0.15, 0.2) is 29.5 Å². The van der Waals surface area contributed by atoms with Crippen LogP contribution in [0.2, 0.25) is 0 Å². The van der Waals surface area contributed by atoms with Gasteiger partial charge in [0.25, 0.3) is 0 Å². The Labute approximate surface area is 214 Å². The maximum Gasteiger partial charge on any atom is 0.338 e. The summed E-state index contributed by atoms with van der Waals surface area (Å²) in [6, 6.07) is 5.20. The van der Waals surface area contributed by atoms with Crippen molar-refractivity contribution in [3.8, 4) is 0 Å². The molecule has 2 atom stereocenters. The van der Waals surface area contributed by atoms with Gasteiger partial charge >= 0.3 is 18.0 Å². The van der Waals surface area contributed by atoms with E-state index in [1.165, 1.54) is 0 Å². The summed E-state index contributed by atoms with van der Waals surface area (Å²) < 4.78 is 5.50. The fourth-order valence-electron chi connectivity index (χ4n) is 4.99. The van der Waals surface area contributed by atoms with Crippen LogP contribution in [0.1, 0.15) is 56.8 Å². The number of ether oxygens (including phenoxy) is 1. The van der Waals surface area contributed by atoms with Crippen LogP contribution in [0.25, 0.3) is 0 Å². The Bertz CT molecular complexity index is 1010. The number of aryl methyl sites for hydroxylation is 2. The number of benzene rings is 1. The van der Waals surface area contributed by atoms with Gasteiger partial charge in [0.1, 0.15) is 0 Å². The zero-order chi connectivity index (χ0) is 26.4. The number of nitrogens with zero attached hydrogens (tertiary/aromatic N) is 3. The number of urea groups is 2. The molecule has 1 saturated heterocycles. The van der Waals surface area contributed by atoms with Crippen LogP contribution in [0.4, 0.5) is 9.59 Å². The summed E-state index contributed by atoms with van der Waals surface area (Å²) in [4.78, 5) is 44.9. The van der Waals surface area contributed by atoms with Crippen molar-refractivity contribution in [1.82, 2.24) is 25.3 Å². The third-order valence-electron chi connectivity index (χ3n) is 6.87. The van der Waals surface area contributed by atoms with E-state index in [4.69, 9.17) is 4.74 Å². The van der Waals surface area contributed by atoms with Gasteiger partial charge in [-0.05, 0) is 52.2 Å². The summed E-state index contributed by atoms with van der Waals surface area (Å²) >= 11 is 0. The third-order valence-corrected chi connectivity index (χ3v) is 6.87. The minimum atomic E-state index is -0.590. The monoisotopic (exact) mass is 499 g/mol. The molecular formula is C27H41N5O4. The Hall–Kier alpha value is -3.07. The van der Waals surface area contributed by atoms with Crippen molar-refractivity contribution < 1.29 is 19.1 Å². The number of amides is 4. The second-order valence-corrected chi connectivity index (χ2v) is 9.58. The highest BCUT2D eigenvalue weighted by molar-refractivity contribution is 5.95. The molecule has 0 saturated carbocycles. The van der Waals surface area contributed by atoms with Crippen LogP contribution in [-0.2, 0) is 9.53 Å². The highest BCUT2D eigenvalue weighted by atomic mass is 16.5. The number of piperazine rings is 1. The first-order valence-electron chi connectivity index (χ1n) is 13.0. The van der Waals surface area contributed by atoms with E-state index in [0.29, 0.717) is 50.5 Å². The Morgan fingerprint density at radius 3 is 2.56 bits per heavy atom. The van der Waals surface area contributed by atoms with Crippen LogP contribution in [0.5, 0.6) is 0 Å². The lowest BCUT2D eigenvalue weighted by Crippen LogP contribution is -2.58. The van der Waals surface area contributed by atoms with Gasteiger partial charge in [-0.15, -0.1) is 0 Å². The fraction of sp³-hybridized carbons (Fsp3) is 0.593. The van der Waals surface area contributed by atoms with Crippen molar-refractivity contribution in [1.29, 1.82) is 0 Å². The van der Waals surface area contributed by atoms with Gasteiger partial charge in [0, 0.05) is 51.0 Å². The molecule has 0 radical (unpaired) electrons. The molecule has 0 aliphatic carbocycles. The standard InChI is InChI=1S/C27H41N5O4/c1-7-12-28-26(34)32-14-13-30(16-20(32)6)17-22-23(25(33)36-9-3)24(29-27(35)31(22)8-2)21-15-18(4)10-11-19(21)5/h10-11,15,20,24H,7-9,12-14,16-17H2,1-6H3,(H,28,34)(H,29,35)/t20-,24-/m0/s1. The topological polar surface area (TPSA) is 94.2 Å². The number of carbonyl (C=O) groups is 3. The number of hydrogen-bond acceptors (Lipinski definition) is 5. The molecule has 4 amide bonds. The summed E-state index contributed by atoms with van der Waals surface area (Å²) in [5.74, 6) is -0.414. The minimum Gasteiger partial charge on any atom is -0.463 e. The molecule has 1 aromatic carbocycles. The van der Waals surface area contributed by atoms with E-state index in [0.717, 1.165) is 23.1 Å². The van der Waals surface area contributed by atoms with Gasteiger partial charge in [0.2, 0.25) is 0 Å². The Morgan fingerprint density at radius 2 is 1.92 bits per heavy atom. The van der Waals surface area contributed by atoms with E-state index in [1.54, 1.807) is 11.8 Å². The largest absolute Gasteiger partial charge is 0.463 e. The molecule has 0 unspecified atom stereocenters. The summed E-state index contributed by atoms with van der Waals surface area (Å²) in [6.07, 6.45) is 0.890. The predicted octanol–water partition coefficient (Wildman–Crippen LogP) is 3.33. The van der Waals surface area contributed by atoms with Crippen LogP contribution in [-0.4, -0.2) is 84.6 Å². The number of nitrogens with one attached hydrogen (secondary N) is 2. The Balaban J connectivity index is 1.97. The van der Waals surface area contributed by atoms with Crippen molar-refractivity contribution in [3.05, 3.63) is 46.2 Å². The number of rotatable bonds is 8. The lowest BCUT2D eigenvalue weighted by Gasteiger charge is -2.43. The maximum atomic E-state index is 13.4. The first-order chi connectivity index (χ1) is 17.2. The SMILES string of the molecule is CCCNC(=O)N1CCN(CC2=C(C(=O)OCC)[C@H](c3cc(C)ccc3C)NC(=O)N2CC)C[C@@H]1C. The lowest BCUT2D eigenvalue weighted by molar-refractivity contribution is -0.139. The van der Waals surface area contributed by atoms with E-state index < -0.39 is 12.0 Å². The minimum absolute atomic E-state index is 0.00422. The Kier molecular flexibility index (Phi) is 9.37. The van der Waals surface area contributed by atoms with E-state index >= 15 is 0 Å². The van der Waals surface area contributed by atoms with Crippen LogP contribution in [0, 0.1) is 13.8 Å². The predicted molar refractivity (Wildman–Crippen MR) is 140 cm³/mol. The molecule has 2 aliphatic rings. The van der Waals surface area contributed by atoms with E-state index in [2.05, 4.69) is 15.5 Å². The normalized spacial score (nSPS) is 20.9. The van der Waals surface area contributed by atoms with E-state index in [9.17, 15) is 14.4 Å². The van der Waals surface area contributed by atoms with Gasteiger partial charge < -0.3 is 20.3 Å². The zero-order valence-corrected chi connectivity index (χ0v) is 22.5. The first kappa shape index (κ1) is 27.5. The number of carbonyl (C=O) groups excluding carboxylic acids is 3. The average Bonchev–Trinajstić information content (AvgIpc) is 2.84. The van der Waals surface area contributed by atoms with Crippen LogP contribution in [0.3, 0.4) is 0 Å². The second kappa shape index (κ2) is 12.3. The summed E-state index contributed by atoms with van der Waals surface area (Å²) in [5, 5.41) is 6.01. The number of hydrogen-bond donors (Lipinski definition) is 2. The summed E-state index contributed by atoms with van der Waals surface area (Å²) in [6.45, 7) is 15.4. The maximum absolute atomic E-state index is 13.4. The zero-order valence-electron chi connectivity index (χ0n) is 22.5. The summed E-state index contributed by atoms with van der Waals surface area (Å²) in [7, 11) is 0. The van der Waals surface area contributed by atoms with Gasteiger partial charge in [0.05, 0.1) is 18.2 Å². The highest BCUT2D eigenvalue weighted by Crippen LogP contribution is 2.34.